The van der Waals surface area contributed by atoms with Gasteiger partial charge in [0.2, 0.25) is 0 Å². The molecule has 3 atom stereocenters. The monoisotopic (exact) mass is 287 g/mol. The number of methoxy groups -OCH3 is 1. The summed E-state index contributed by atoms with van der Waals surface area (Å²) >= 11 is 0. The summed E-state index contributed by atoms with van der Waals surface area (Å²) < 4.78 is 10.7. The molecule has 1 saturated heterocycles. The molecule has 0 unspecified atom stereocenters. The second-order valence-electron chi connectivity index (χ2n) is 6.01. The molecule has 2 aliphatic heterocycles. The Morgan fingerprint density at radius 2 is 2.00 bits per heavy atom. The molecule has 3 aliphatic rings. The molecule has 1 aliphatic carbocycles. The Kier molecular flexibility index (Phi) is 5.07. The van der Waals surface area contributed by atoms with Crippen molar-refractivity contribution in [3.63, 3.8) is 0 Å². The molecule has 0 saturated carbocycles. The third-order valence-electron chi connectivity index (χ3n) is 4.71. The van der Waals surface area contributed by atoms with E-state index in [1.54, 1.807) is 7.11 Å². The van der Waals surface area contributed by atoms with E-state index in [0.717, 1.165) is 19.6 Å². The van der Waals surface area contributed by atoms with Gasteiger partial charge in [0.25, 0.3) is 0 Å². The van der Waals surface area contributed by atoms with Gasteiger partial charge in [-0.2, -0.15) is 0 Å². The molecule has 1 aromatic rings. The molecule has 2 bridgehead atoms. The molecule has 1 fully saturated rings. The van der Waals surface area contributed by atoms with Crippen LogP contribution < -0.4 is 0 Å². The van der Waals surface area contributed by atoms with Crippen LogP contribution in [0, 0.1) is 5.92 Å². The van der Waals surface area contributed by atoms with Crippen LogP contribution in [-0.4, -0.2) is 44.0 Å². The first-order valence-electron chi connectivity index (χ1n) is 7.93. The Labute approximate surface area is 127 Å². The topological polar surface area (TPSA) is 21.7 Å². The third kappa shape index (κ3) is 3.54. The van der Waals surface area contributed by atoms with E-state index < -0.39 is 0 Å². The van der Waals surface area contributed by atoms with Crippen molar-refractivity contribution in [3.8, 4) is 0 Å². The van der Waals surface area contributed by atoms with Crippen LogP contribution in [0.2, 0.25) is 0 Å². The summed E-state index contributed by atoms with van der Waals surface area (Å²) in [4.78, 5) is 2.64. The highest BCUT2D eigenvalue weighted by molar-refractivity contribution is 5.17. The van der Waals surface area contributed by atoms with Gasteiger partial charge in [0.1, 0.15) is 6.79 Å². The molecule has 4 rings (SSSR count). The normalized spacial score (nSPS) is 28.1. The minimum atomic E-state index is 0.393. The molecule has 2 heterocycles. The van der Waals surface area contributed by atoms with Crippen molar-refractivity contribution < 1.29 is 9.47 Å². The predicted octanol–water partition coefficient (Wildman–Crippen LogP) is 2.87. The van der Waals surface area contributed by atoms with E-state index in [-0.39, 0.29) is 0 Å². The maximum absolute atomic E-state index is 5.66. The SMILES string of the molecule is COCOC[C@@H]1[C@H]2C=C[C@H](CC2)N1CCc1ccccc1. The lowest BCUT2D eigenvalue weighted by Gasteiger charge is -2.48. The van der Waals surface area contributed by atoms with Gasteiger partial charge in [-0.25, -0.2) is 0 Å². The first kappa shape index (κ1) is 14.8. The van der Waals surface area contributed by atoms with Crippen molar-refractivity contribution in [2.75, 3.05) is 27.1 Å². The van der Waals surface area contributed by atoms with Crippen LogP contribution in [0.3, 0.4) is 0 Å². The van der Waals surface area contributed by atoms with Crippen molar-refractivity contribution in [1.29, 1.82) is 0 Å². The fourth-order valence-corrected chi connectivity index (χ4v) is 3.62. The zero-order chi connectivity index (χ0) is 14.5. The van der Waals surface area contributed by atoms with Crippen molar-refractivity contribution >= 4 is 0 Å². The maximum Gasteiger partial charge on any atom is 0.146 e. The lowest BCUT2D eigenvalue weighted by atomic mass is 9.80. The van der Waals surface area contributed by atoms with E-state index in [9.17, 15) is 0 Å². The molecule has 0 N–H and O–H groups in total. The summed E-state index contributed by atoms with van der Waals surface area (Å²) in [7, 11) is 1.68. The first-order valence-corrected chi connectivity index (χ1v) is 7.93. The molecule has 0 amide bonds. The molecular formula is C18H25NO2. The lowest BCUT2D eigenvalue weighted by Crippen LogP contribution is -2.55. The first-order chi connectivity index (χ1) is 10.4. The van der Waals surface area contributed by atoms with Gasteiger partial charge in [-0.05, 0) is 30.7 Å². The van der Waals surface area contributed by atoms with E-state index in [4.69, 9.17) is 9.47 Å². The highest BCUT2D eigenvalue weighted by Crippen LogP contribution is 2.35. The Hall–Kier alpha value is -1.16. The molecule has 114 valence electrons. The molecule has 1 aromatic carbocycles. The number of hydrogen-bond acceptors (Lipinski definition) is 3. The van der Waals surface area contributed by atoms with Crippen LogP contribution >= 0.6 is 0 Å². The van der Waals surface area contributed by atoms with Gasteiger partial charge < -0.3 is 9.47 Å². The lowest BCUT2D eigenvalue weighted by molar-refractivity contribution is -0.0715. The van der Waals surface area contributed by atoms with Gasteiger partial charge in [0.15, 0.2) is 0 Å². The molecule has 3 nitrogen and oxygen atoms in total. The number of fused-ring (bicyclic) bond motifs is 2. The number of piperidine rings is 1. The average molecular weight is 287 g/mol. The standard InChI is InChI=1S/C18H25NO2/c1-20-14-21-13-18-16-7-9-17(10-8-16)19(18)12-11-15-5-3-2-4-6-15/h2-7,9,16-18H,8,10-14H2,1H3/t16-,17+,18+/m0/s1. The number of ether oxygens (including phenoxy) is 2. The molecule has 0 radical (unpaired) electrons. The van der Waals surface area contributed by atoms with Gasteiger partial charge in [-0.15, -0.1) is 0 Å². The van der Waals surface area contributed by atoms with Crippen molar-refractivity contribution in [2.45, 2.75) is 31.3 Å². The van der Waals surface area contributed by atoms with Gasteiger partial charge >= 0.3 is 0 Å². The van der Waals surface area contributed by atoms with Crippen LogP contribution in [0.25, 0.3) is 0 Å². The van der Waals surface area contributed by atoms with Crippen molar-refractivity contribution in [3.05, 3.63) is 48.0 Å². The Morgan fingerprint density at radius 1 is 1.14 bits per heavy atom. The maximum atomic E-state index is 5.66. The van der Waals surface area contributed by atoms with E-state index in [1.807, 2.05) is 0 Å². The average Bonchev–Trinajstić information content (AvgIpc) is 2.56. The smallest absolute Gasteiger partial charge is 0.146 e. The van der Waals surface area contributed by atoms with Gasteiger partial charge in [0, 0.05) is 25.7 Å². The fraction of sp³-hybridized carbons (Fsp3) is 0.556. The number of nitrogens with zero attached hydrogens (tertiary/aromatic N) is 1. The summed E-state index contributed by atoms with van der Waals surface area (Å²) in [5.74, 6) is 0.641. The zero-order valence-electron chi connectivity index (χ0n) is 12.8. The van der Waals surface area contributed by atoms with E-state index >= 15 is 0 Å². The second kappa shape index (κ2) is 7.21. The number of rotatable bonds is 7. The van der Waals surface area contributed by atoms with E-state index in [2.05, 4.69) is 47.4 Å². The summed E-state index contributed by atoms with van der Waals surface area (Å²) in [6.07, 6.45) is 8.49. The summed E-state index contributed by atoms with van der Waals surface area (Å²) in [5.41, 5.74) is 1.42. The minimum absolute atomic E-state index is 0.393. The number of hydrogen-bond donors (Lipinski definition) is 0. The van der Waals surface area contributed by atoms with E-state index in [0.29, 0.717) is 24.8 Å². The largest absolute Gasteiger partial charge is 0.359 e. The van der Waals surface area contributed by atoms with Crippen LogP contribution in [0.4, 0.5) is 0 Å². The van der Waals surface area contributed by atoms with Gasteiger partial charge in [0.05, 0.1) is 6.61 Å². The Morgan fingerprint density at radius 3 is 2.71 bits per heavy atom. The third-order valence-corrected chi connectivity index (χ3v) is 4.71. The second-order valence-corrected chi connectivity index (χ2v) is 6.01. The van der Waals surface area contributed by atoms with Crippen molar-refractivity contribution in [1.82, 2.24) is 4.90 Å². The van der Waals surface area contributed by atoms with Gasteiger partial charge in [-0.1, -0.05) is 42.5 Å². The Balaban J connectivity index is 1.61. The summed E-state index contributed by atoms with van der Waals surface area (Å²) in [6.45, 7) is 2.27. The molecule has 0 spiro atoms. The molecule has 0 aromatic heterocycles. The molecule has 3 heteroatoms. The fourth-order valence-electron chi connectivity index (χ4n) is 3.62. The van der Waals surface area contributed by atoms with Gasteiger partial charge in [-0.3, -0.25) is 4.90 Å². The molecule has 21 heavy (non-hydrogen) atoms. The zero-order valence-corrected chi connectivity index (χ0v) is 12.8. The van der Waals surface area contributed by atoms with Crippen LogP contribution in [-0.2, 0) is 15.9 Å². The summed E-state index contributed by atoms with van der Waals surface area (Å²) in [5, 5.41) is 0. The quantitative estimate of drug-likeness (QED) is 0.437. The van der Waals surface area contributed by atoms with Crippen molar-refractivity contribution in [2.24, 2.45) is 5.92 Å². The minimum Gasteiger partial charge on any atom is -0.359 e. The van der Waals surface area contributed by atoms with Crippen LogP contribution in [0.5, 0.6) is 0 Å². The van der Waals surface area contributed by atoms with E-state index in [1.165, 1.54) is 18.4 Å². The summed E-state index contributed by atoms with van der Waals surface area (Å²) in [6, 6.07) is 11.9. The predicted molar refractivity (Wildman–Crippen MR) is 84.1 cm³/mol. The Bertz CT molecular complexity index is 460. The van der Waals surface area contributed by atoms with Crippen LogP contribution in [0.15, 0.2) is 42.5 Å². The molecular weight excluding hydrogens is 262 g/mol. The van der Waals surface area contributed by atoms with Crippen LogP contribution in [0.1, 0.15) is 18.4 Å². The highest BCUT2D eigenvalue weighted by atomic mass is 16.7. The number of benzene rings is 1. The highest BCUT2D eigenvalue weighted by Gasteiger charge is 2.38.